The first kappa shape index (κ1) is 16.4. The Kier molecular flexibility index (Phi) is 4.04. The normalized spacial score (nSPS) is 20.2. The summed E-state index contributed by atoms with van der Waals surface area (Å²) in [6.45, 7) is 0.346. The summed E-state index contributed by atoms with van der Waals surface area (Å²) in [7, 11) is -2.16. The molecule has 24 heavy (non-hydrogen) atoms. The van der Waals surface area contributed by atoms with Crippen molar-refractivity contribution in [3.63, 3.8) is 0 Å². The first-order valence-electron chi connectivity index (χ1n) is 7.57. The maximum Gasteiger partial charge on any atom is 0.328 e. The molecule has 1 fully saturated rings. The Balaban J connectivity index is 1.63. The highest BCUT2D eigenvalue weighted by Gasteiger charge is 2.43. The number of amides is 1. The van der Waals surface area contributed by atoms with Crippen LogP contribution in [0.2, 0.25) is 0 Å². The fourth-order valence-corrected chi connectivity index (χ4v) is 4.26. The van der Waals surface area contributed by atoms with Gasteiger partial charge in [-0.2, -0.15) is 23.7 Å². The van der Waals surface area contributed by atoms with Gasteiger partial charge in [0.25, 0.3) is 0 Å². The number of terminal acetylenes is 1. The van der Waals surface area contributed by atoms with Gasteiger partial charge in [-0.1, -0.05) is 0 Å². The number of nitrogens with zero attached hydrogens (tertiary/aromatic N) is 6. The molecule has 3 rings (SSSR count). The fourth-order valence-electron chi connectivity index (χ4n) is 2.68. The molecule has 1 saturated heterocycles. The number of aryl methyl sites for hydroxylation is 1. The SMILES string of the molecule is C#CCCC1(CCC(=O)N2CCN(c3cnn(C)c3)S2(=O)=O)N=N1. The molecule has 0 N–H and O–H groups in total. The number of anilines is 1. The van der Waals surface area contributed by atoms with E-state index in [0.29, 0.717) is 24.9 Å². The Labute approximate surface area is 140 Å². The summed E-state index contributed by atoms with van der Waals surface area (Å²) < 4.78 is 28.8. The van der Waals surface area contributed by atoms with Gasteiger partial charge in [0.2, 0.25) is 5.91 Å². The van der Waals surface area contributed by atoms with E-state index in [1.807, 2.05) is 0 Å². The molecule has 128 valence electrons. The molecule has 10 heteroatoms. The molecule has 0 saturated carbocycles. The molecule has 2 aliphatic rings. The van der Waals surface area contributed by atoms with E-state index in [9.17, 15) is 13.2 Å². The molecule has 0 spiro atoms. The zero-order chi connectivity index (χ0) is 17.4. The molecule has 0 aliphatic carbocycles. The van der Waals surface area contributed by atoms with Gasteiger partial charge in [0, 0.05) is 38.9 Å². The lowest BCUT2D eigenvalue weighted by atomic mass is 10.0. The van der Waals surface area contributed by atoms with Crippen molar-refractivity contribution in [2.45, 2.75) is 31.3 Å². The monoisotopic (exact) mass is 350 g/mol. The molecular formula is C14H18N6O3S. The summed E-state index contributed by atoms with van der Waals surface area (Å²) >= 11 is 0. The van der Waals surface area contributed by atoms with Gasteiger partial charge in [-0.3, -0.25) is 9.48 Å². The molecule has 1 amide bonds. The molecule has 0 unspecified atom stereocenters. The minimum atomic E-state index is -3.86. The van der Waals surface area contributed by atoms with Crippen molar-refractivity contribution in [1.29, 1.82) is 0 Å². The largest absolute Gasteiger partial charge is 0.328 e. The quantitative estimate of drug-likeness (QED) is 0.704. The Morgan fingerprint density at radius 1 is 1.38 bits per heavy atom. The number of hydrogen-bond donors (Lipinski definition) is 0. The molecular weight excluding hydrogens is 332 g/mol. The fraction of sp³-hybridized carbons (Fsp3) is 0.571. The topological polar surface area (TPSA) is 100 Å². The standard InChI is InChI=1S/C14H18N6O3S/c1-3-4-6-14(16-17-14)7-5-13(21)20-9-8-19(24(20,22)23)12-10-15-18(2)11-12/h1,10-11H,4-9H2,2H3. The van der Waals surface area contributed by atoms with Gasteiger partial charge < -0.3 is 0 Å². The number of carbonyl (C=O) groups is 1. The molecule has 0 atom stereocenters. The number of hydrogen-bond acceptors (Lipinski definition) is 6. The van der Waals surface area contributed by atoms with E-state index in [-0.39, 0.29) is 19.5 Å². The van der Waals surface area contributed by atoms with Crippen LogP contribution in [0.25, 0.3) is 0 Å². The number of carbonyl (C=O) groups excluding carboxylic acids is 1. The van der Waals surface area contributed by atoms with Crippen molar-refractivity contribution in [2.75, 3.05) is 17.4 Å². The van der Waals surface area contributed by atoms with Crippen LogP contribution in [0.15, 0.2) is 22.6 Å². The van der Waals surface area contributed by atoms with E-state index in [2.05, 4.69) is 21.2 Å². The Bertz CT molecular complexity index is 816. The smallest absolute Gasteiger partial charge is 0.274 e. The van der Waals surface area contributed by atoms with Crippen molar-refractivity contribution < 1.29 is 13.2 Å². The average molecular weight is 350 g/mol. The molecule has 3 heterocycles. The van der Waals surface area contributed by atoms with Gasteiger partial charge in [0.1, 0.15) is 0 Å². The zero-order valence-corrected chi connectivity index (χ0v) is 14.1. The van der Waals surface area contributed by atoms with Gasteiger partial charge in [-0.25, -0.2) is 8.61 Å². The van der Waals surface area contributed by atoms with Gasteiger partial charge in [-0.05, 0) is 0 Å². The van der Waals surface area contributed by atoms with Crippen LogP contribution in [0.3, 0.4) is 0 Å². The van der Waals surface area contributed by atoms with Crippen LogP contribution in [0.4, 0.5) is 5.69 Å². The summed E-state index contributed by atoms with van der Waals surface area (Å²) in [6.07, 6.45) is 9.85. The highest BCUT2D eigenvalue weighted by molar-refractivity contribution is 7.91. The van der Waals surface area contributed by atoms with E-state index in [1.54, 1.807) is 13.2 Å². The molecule has 0 radical (unpaired) electrons. The highest BCUT2D eigenvalue weighted by Crippen LogP contribution is 2.38. The van der Waals surface area contributed by atoms with Crippen LogP contribution in [0, 0.1) is 12.3 Å². The summed E-state index contributed by atoms with van der Waals surface area (Å²) in [5.74, 6) is 2.07. The third-order valence-electron chi connectivity index (χ3n) is 4.11. The third kappa shape index (κ3) is 2.99. The van der Waals surface area contributed by atoms with Crippen LogP contribution >= 0.6 is 0 Å². The molecule has 2 aliphatic heterocycles. The molecule has 0 aromatic carbocycles. The van der Waals surface area contributed by atoms with Crippen molar-refractivity contribution in [3.05, 3.63) is 12.4 Å². The first-order valence-corrected chi connectivity index (χ1v) is 8.97. The first-order chi connectivity index (χ1) is 11.4. The van der Waals surface area contributed by atoms with Crippen LogP contribution in [-0.2, 0) is 22.1 Å². The van der Waals surface area contributed by atoms with E-state index < -0.39 is 21.8 Å². The maximum absolute atomic E-state index is 12.6. The van der Waals surface area contributed by atoms with E-state index in [1.165, 1.54) is 15.2 Å². The van der Waals surface area contributed by atoms with Crippen LogP contribution in [0.1, 0.15) is 25.7 Å². The average Bonchev–Trinajstić information content (AvgIpc) is 3.07. The van der Waals surface area contributed by atoms with E-state index in [0.717, 1.165) is 4.31 Å². The van der Waals surface area contributed by atoms with Gasteiger partial charge in [0.15, 0.2) is 5.66 Å². The second-order valence-corrected chi connectivity index (χ2v) is 7.58. The Morgan fingerprint density at radius 3 is 2.71 bits per heavy atom. The van der Waals surface area contributed by atoms with Gasteiger partial charge >= 0.3 is 10.2 Å². The van der Waals surface area contributed by atoms with Crippen molar-refractivity contribution in [2.24, 2.45) is 17.3 Å². The summed E-state index contributed by atoms with van der Waals surface area (Å²) in [4.78, 5) is 12.4. The molecule has 9 nitrogen and oxygen atoms in total. The van der Waals surface area contributed by atoms with Crippen LogP contribution in [0.5, 0.6) is 0 Å². The van der Waals surface area contributed by atoms with Crippen LogP contribution < -0.4 is 4.31 Å². The predicted octanol–water partition coefficient (Wildman–Crippen LogP) is 0.669. The van der Waals surface area contributed by atoms with Crippen molar-refractivity contribution in [3.8, 4) is 12.3 Å². The van der Waals surface area contributed by atoms with Crippen molar-refractivity contribution >= 4 is 21.8 Å². The zero-order valence-electron chi connectivity index (χ0n) is 13.3. The summed E-state index contributed by atoms with van der Waals surface area (Å²) in [5.41, 5.74) is -0.139. The molecule has 1 aromatic rings. The summed E-state index contributed by atoms with van der Waals surface area (Å²) in [5, 5.41) is 11.9. The lowest BCUT2D eigenvalue weighted by Crippen LogP contribution is -2.37. The second-order valence-electron chi connectivity index (χ2n) is 5.80. The van der Waals surface area contributed by atoms with Gasteiger partial charge in [-0.15, -0.1) is 12.3 Å². The minimum Gasteiger partial charge on any atom is -0.274 e. The lowest BCUT2D eigenvalue weighted by molar-refractivity contribution is -0.126. The molecule has 0 bridgehead atoms. The maximum atomic E-state index is 12.6. The molecule has 1 aromatic heterocycles. The van der Waals surface area contributed by atoms with Crippen molar-refractivity contribution in [1.82, 2.24) is 14.1 Å². The third-order valence-corrected chi connectivity index (χ3v) is 6.01. The van der Waals surface area contributed by atoms with E-state index in [4.69, 9.17) is 6.42 Å². The van der Waals surface area contributed by atoms with Gasteiger partial charge in [0.05, 0.1) is 25.0 Å². The Morgan fingerprint density at radius 2 is 2.12 bits per heavy atom. The highest BCUT2D eigenvalue weighted by atomic mass is 32.2. The minimum absolute atomic E-state index is 0.0671. The second kappa shape index (κ2) is 5.90. The predicted molar refractivity (Wildman–Crippen MR) is 86.1 cm³/mol. The summed E-state index contributed by atoms with van der Waals surface area (Å²) in [6, 6.07) is 0. The van der Waals surface area contributed by atoms with Crippen LogP contribution in [-0.4, -0.2) is 47.2 Å². The number of rotatable bonds is 6. The lowest BCUT2D eigenvalue weighted by Gasteiger charge is -2.19. The number of aromatic nitrogens is 2. The Hall–Kier alpha value is -2.41. The van der Waals surface area contributed by atoms with E-state index >= 15 is 0 Å².